The van der Waals surface area contributed by atoms with Crippen LogP contribution in [0.2, 0.25) is 5.02 Å². The average molecular weight is 368 g/mol. The Balaban J connectivity index is 2.09. The van der Waals surface area contributed by atoms with Crippen molar-refractivity contribution in [3.8, 4) is 5.75 Å². The Bertz CT molecular complexity index is 689. The lowest BCUT2D eigenvalue weighted by molar-refractivity contribution is 0.0955. The van der Waals surface area contributed by atoms with Crippen molar-refractivity contribution < 1.29 is 9.53 Å². The van der Waals surface area contributed by atoms with Crippen LogP contribution < -0.4 is 10.2 Å². The van der Waals surface area contributed by atoms with E-state index < -0.39 is 0 Å². The molecule has 21 heavy (non-hydrogen) atoms. The van der Waals surface area contributed by atoms with Gasteiger partial charge in [0.1, 0.15) is 5.75 Å². The molecule has 2 rings (SSSR count). The fourth-order valence-corrected chi connectivity index (χ4v) is 2.24. The fraction of sp³-hybridized carbons (Fsp3) is 0.0667. The van der Waals surface area contributed by atoms with Crippen molar-refractivity contribution in [1.29, 1.82) is 0 Å². The van der Waals surface area contributed by atoms with Gasteiger partial charge in [-0.25, -0.2) is 5.43 Å². The van der Waals surface area contributed by atoms with Crippen LogP contribution in [-0.2, 0) is 0 Å². The highest BCUT2D eigenvalue weighted by molar-refractivity contribution is 9.10. The minimum atomic E-state index is -0.298. The van der Waals surface area contributed by atoms with Gasteiger partial charge in [0.2, 0.25) is 0 Å². The van der Waals surface area contributed by atoms with Crippen molar-refractivity contribution in [2.75, 3.05) is 7.11 Å². The van der Waals surface area contributed by atoms with Gasteiger partial charge in [-0.3, -0.25) is 4.79 Å². The van der Waals surface area contributed by atoms with Crippen molar-refractivity contribution in [3.05, 3.63) is 63.1 Å². The molecule has 0 aliphatic carbocycles. The van der Waals surface area contributed by atoms with Crippen LogP contribution in [0.15, 0.2) is 52.0 Å². The number of ether oxygens (including phenoxy) is 1. The highest BCUT2D eigenvalue weighted by Crippen LogP contribution is 2.20. The van der Waals surface area contributed by atoms with Gasteiger partial charge < -0.3 is 4.74 Å². The summed E-state index contributed by atoms with van der Waals surface area (Å²) in [6, 6.07) is 12.2. The Labute approximate surface area is 135 Å². The van der Waals surface area contributed by atoms with Crippen LogP contribution in [0, 0.1) is 0 Å². The first kappa shape index (κ1) is 15.5. The standard InChI is InChI=1S/C15H12BrClN2O2/c1-21-14-6-5-13(17)8-11(14)9-18-19-15(20)10-3-2-4-12(16)7-10/h2-9H,1H3,(H,19,20)/b18-9-. The molecule has 1 amide bonds. The summed E-state index contributed by atoms with van der Waals surface area (Å²) in [6.45, 7) is 0. The summed E-state index contributed by atoms with van der Waals surface area (Å²) >= 11 is 9.23. The normalized spacial score (nSPS) is 10.6. The first-order valence-corrected chi connectivity index (χ1v) is 7.20. The van der Waals surface area contributed by atoms with Crippen LogP contribution in [0.4, 0.5) is 0 Å². The molecular weight excluding hydrogens is 356 g/mol. The second kappa shape index (κ2) is 7.24. The third kappa shape index (κ3) is 4.31. The number of rotatable bonds is 4. The molecule has 2 aromatic rings. The molecule has 2 aromatic carbocycles. The number of carbonyl (C=O) groups excluding carboxylic acids is 1. The molecule has 0 aliphatic rings. The number of benzene rings is 2. The molecule has 0 atom stereocenters. The number of nitrogens with one attached hydrogen (secondary N) is 1. The quantitative estimate of drug-likeness (QED) is 0.659. The molecule has 4 nitrogen and oxygen atoms in total. The van der Waals surface area contributed by atoms with Gasteiger partial charge in [0.05, 0.1) is 13.3 Å². The van der Waals surface area contributed by atoms with Crippen molar-refractivity contribution in [2.24, 2.45) is 5.10 Å². The number of nitrogens with zero attached hydrogens (tertiary/aromatic N) is 1. The zero-order valence-electron chi connectivity index (χ0n) is 11.1. The van der Waals surface area contributed by atoms with Gasteiger partial charge >= 0.3 is 0 Å². The molecule has 0 unspecified atom stereocenters. The predicted octanol–water partition coefficient (Wildman–Crippen LogP) is 3.88. The molecule has 1 N–H and O–H groups in total. The second-order valence-electron chi connectivity index (χ2n) is 4.10. The smallest absolute Gasteiger partial charge is 0.271 e. The summed E-state index contributed by atoms with van der Waals surface area (Å²) in [5.41, 5.74) is 3.65. The van der Waals surface area contributed by atoms with E-state index in [0.29, 0.717) is 21.9 Å². The van der Waals surface area contributed by atoms with Gasteiger partial charge in [-0.2, -0.15) is 5.10 Å². The van der Waals surface area contributed by atoms with Gasteiger partial charge in [-0.1, -0.05) is 33.6 Å². The Morgan fingerprint density at radius 1 is 1.33 bits per heavy atom. The molecule has 108 valence electrons. The first-order chi connectivity index (χ1) is 10.1. The molecule has 0 spiro atoms. The van der Waals surface area contributed by atoms with Crippen molar-refractivity contribution in [2.45, 2.75) is 0 Å². The number of hydrogen-bond acceptors (Lipinski definition) is 3. The largest absolute Gasteiger partial charge is 0.496 e. The third-order valence-corrected chi connectivity index (χ3v) is 3.38. The molecule has 0 saturated heterocycles. The van der Waals surface area contributed by atoms with E-state index in [0.717, 1.165) is 4.47 Å². The minimum absolute atomic E-state index is 0.298. The van der Waals surface area contributed by atoms with E-state index in [1.165, 1.54) is 6.21 Å². The summed E-state index contributed by atoms with van der Waals surface area (Å²) in [4.78, 5) is 11.9. The third-order valence-electron chi connectivity index (χ3n) is 2.65. The van der Waals surface area contributed by atoms with Gasteiger partial charge in [0.15, 0.2) is 0 Å². The highest BCUT2D eigenvalue weighted by Gasteiger charge is 2.05. The topological polar surface area (TPSA) is 50.7 Å². The van der Waals surface area contributed by atoms with Gasteiger partial charge in [0.25, 0.3) is 5.91 Å². The molecule has 0 fully saturated rings. The fourth-order valence-electron chi connectivity index (χ4n) is 1.66. The number of methoxy groups -OCH3 is 1. The van der Waals surface area contributed by atoms with E-state index >= 15 is 0 Å². The number of amides is 1. The van der Waals surface area contributed by atoms with E-state index in [9.17, 15) is 4.79 Å². The van der Waals surface area contributed by atoms with Gasteiger partial charge in [-0.05, 0) is 36.4 Å². The maximum absolute atomic E-state index is 11.9. The van der Waals surface area contributed by atoms with Crippen LogP contribution in [0.25, 0.3) is 0 Å². The molecular formula is C15H12BrClN2O2. The zero-order valence-corrected chi connectivity index (χ0v) is 13.5. The highest BCUT2D eigenvalue weighted by atomic mass is 79.9. The summed E-state index contributed by atoms with van der Waals surface area (Å²) in [5.74, 6) is 0.327. The van der Waals surface area contributed by atoms with Crippen LogP contribution in [0.3, 0.4) is 0 Å². The van der Waals surface area contributed by atoms with Crippen LogP contribution >= 0.6 is 27.5 Å². The first-order valence-electron chi connectivity index (χ1n) is 6.02. The Morgan fingerprint density at radius 2 is 2.14 bits per heavy atom. The molecule has 0 heterocycles. The maximum atomic E-state index is 11.9. The van der Waals surface area contributed by atoms with Gasteiger partial charge in [-0.15, -0.1) is 0 Å². The van der Waals surface area contributed by atoms with E-state index in [4.69, 9.17) is 16.3 Å². The van der Waals surface area contributed by atoms with E-state index in [-0.39, 0.29) is 5.91 Å². The zero-order chi connectivity index (χ0) is 15.2. The van der Waals surface area contributed by atoms with Crippen molar-refractivity contribution in [1.82, 2.24) is 5.43 Å². The van der Waals surface area contributed by atoms with Gasteiger partial charge in [0, 0.05) is 20.6 Å². The predicted molar refractivity (Wildman–Crippen MR) is 87.2 cm³/mol. The van der Waals surface area contributed by atoms with E-state index in [2.05, 4.69) is 26.5 Å². The lowest BCUT2D eigenvalue weighted by Crippen LogP contribution is -2.17. The van der Waals surface area contributed by atoms with Crippen LogP contribution in [0.5, 0.6) is 5.75 Å². The maximum Gasteiger partial charge on any atom is 0.271 e. The lowest BCUT2D eigenvalue weighted by Gasteiger charge is -2.04. The Hall–Kier alpha value is -1.85. The molecule has 6 heteroatoms. The SMILES string of the molecule is COc1ccc(Cl)cc1/C=N\NC(=O)c1cccc(Br)c1. The number of carbonyl (C=O) groups is 1. The average Bonchev–Trinajstić information content (AvgIpc) is 2.47. The number of hydrazone groups is 1. The van der Waals surface area contributed by atoms with Crippen molar-refractivity contribution in [3.63, 3.8) is 0 Å². The van der Waals surface area contributed by atoms with E-state index in [1.807, 2.05) is 6.07 Å². The molecule has 0 saturated carbocycles. The van der Waals surface area contributed by atoms with Crippen LogP contribution in [-0.4, -0.2) is 19.2 Å². The minimum Gasteiger partial charge on any atom is -0.496 e. The van der Waals surface area contributed by atoms with Crippen molar-refractivity contribution >= 4 is 39.7 Å². The van der Waals surface area contributed by atoms with E-state index in [1.54, 1.807) is 43.5 Å². The lowest BCUT2D eigenvalue weighted by atomic mass is 10.2. The molecule has 0 aliphatic heterocycles. The summed E-state index contributed by atoms with van der Waals surface area (Å²) in [5, 5.41) is 4.48. The Morgan fingerprint density at radius 3 is 2.86 bits per heavy atom. The Kier molecular flexibility index (Phi) is 5.36. The second-order valence-corrected chi connectivity index (χ2v) is 5.45. The monoisotopic (exact) mass is 366 g/mol. The summed E-state index contributed by atoms with van der Waals surface area (Å²) < 4.78 is 6.02. The summed E-state index contributed by atoms with van der Waals surface area (Å²) in [6.07, 6.45) is 1.49. The number of hydrogen-bond donors (Lipinski definition) is 1. The number of halogens is 2. The molecule has 0 bridgehead atoms. The van der Waals surface area contributed by atoms with Crippen LogP contribution in [0.1, 0.15) is 15.9 Å². The molecule has 0 aromatic heterocycles. The summed E-state index contributed by atoms with van der Waals surface area (Å²) in [7, 11) is 1.56. The molecule has 0 radical (unpaired) electrons.